The van der Waals surface area contributed by atoms with Crippen LogP contribution in [0.25, 0.3) is 0 Å². The minimum Gasteiger partial charge on any atom is -0.476 e. The third-order valence-electron chi connectivity index (χ3n) is 4.17. The molecule has 7 nitrogen and oxygen atoms in total. The van der Waals surface area contributed by atoms with Gasteiger partial charge in [0, 0.05) is 18.5 Å². The van der Waals surface area contributed by atoms with Gasteiger partial charge in [-0.1, -0.05) is 13.8 Å². The van der Waals surface area contributed by atoms with E-state index in [0.717, 1.165) is 32.4 Å². The molecule has 1 atom stereocenters. The SMILES string of the molecule is CC(C)(CC1CCCN(c2cnc(C(=O)O)cn2)C1)C(N)=O. The van der Waals surface area contributed by atoms with Gasteiger partial charge in [0.1, 0.15) is 5.82 Å². The fourth-order valence-electron chi connectivity index (χ4n) is 2.86. The van der Waals surface area contributed by atoms with Crippen LogP contribution in [0, 0.1) is 11.3 Å². The summed E-state index contributed by atoms with van der Waals surface area (Å²) in [6.45, 7) is 5.37. The summed E-state index contributed by atoms with van der Waals surface area (Å²) in [5.41, 5.74) is 4.86. The fraction of sp³-hybridized carbons (Fsp3) is 0.600. The molecule has 1 aliphatic rings. The molecule has 0 bridgehead atoms. The van der Waals surface area contributed by atoms with Crippen LogP contribution in [0.15, 0.2) is 12.4 Å². The summed E-state index contributed by atoms with van der Waals surface area (Å²) in [7, 11) is 0. The first-order chi connectivity index (χ1) is 10.3. The maximum Gasteiger partial charge on any atom is 0.356 e. The molecular weight excluding hydrogens is 284 g/mol. The van der Waals surface area contributed by atoms with Crippen LogP contribution in [-0.4, -0.2) is 40.0 Å². The Balaban J connectivity index is 2.04. The van der Waals surface area contributed by atoms with E-state index >= 15 is 0 Å². The first kappa shape index (κ1) is 16.2. The molecule has 1 aromatic heterocycles. The average Bonchev–Trinajstić information content (AvgIpc) is 2.47. The lowest BCUT2D eigenvalue weighted by atomic mass is 9.79. The van der Waals surface area contributed by atoms with Crippen molar-refractivity contribution >= 4 is 17.7 Å². The number of carbonyl (C=O) groups is 2. The number of aromatic nitrogens is 2. The molecule has 2 rings (SSSR count). The third-order valence-corrected chi connectivity index (χ3v) is 4.17. The molecule has 3 N–H and O–H groups in total. The van der Waals surface area contributed by atoms with Crippen LogP contribution in [0.4, 0.5) is 5.82 Å². The molecule has 0 saturated carbocycles. The van der Waals surface area contributed by atoms with Crippen LogP contribution >= 0.6 is 0 Å². The maximum atomic E-state index is 11.5. The van der Waals surface area contributed by atoms with E-state index in [2.05, 4.69) is 14.9 Å². The number of primary amides is 1. The number of carboxylic acids is 1. The van der Waals surface area contributed by atoms with Gasteiger partial charge in [0.15, 0.2) is 5.69 Å². The number of hydrogen-bond donors (Lipinski definition) is 2. The number of anilines is 1. The molecule has 0 aliphatic carbocycles. The van der Waals surface area contributed by atoms with E-state index in [4.69, 9.17) is 10.8 Å². The molecule has 0 radical (unpaired) electrons. The molecule has 1 aromatic rings. The van der Waals surface area contributed by atoms with E-state index in [0.29, 0.717) is 11.7 Å². The van der Waals surface area contributed by atoms with Crippen molar-refractivity contribution in [3.05, 3.63) is 18.1 Å². The normalized spacial score (nSPS) is 19.0. The van der Waals surface area contributed by atoms with Crippen LogP contribution in [-0.2, 0) is 4.79 Å². The van der Waals surface area contributed by atoms with Gasteiger partial charge in [-0.25, -0.2) is 14.8 Å². The zero-order valence-corrected chi connectivity index (χ0v) is 13.0. The van der Waals surface area contributed by atoms with Crippen molar-refractivity contribution in [1.29, 1.82) is 0 Å². The Labute approximate surface area is 129 Å². The van der Waals surface area contributed by atoms with Crippen molar-refractivity contribution in [2.45, 2.75) is 33.1 Å². The second-order valence-corrected chi connectivity index (χ2v) is 6.47. The van der Waals surface area contributed by atoms with Crippen molar-refractivity contribution in [3.8, 4) is 0 Å². The number of nitrogens with zero attached hydrogens (tertiary/aromatic N) is 3. The fourth-order valence-corrected chi connectivity index (χ4v) is 2.86. The first-order valence-electron chi connectivity index (χ1n) is 7.40. The zero-order valence-electron chi connectivity index (χ0n) is 13.0. The number of rotatable bonds is 5. The van der Waals surface area contributed by atoms with Crippen LogP contribution in [0.5, 0.6) is 0 Å². The van der Waals surface area contributed by atoms with Crippen molar-refractivity contribution in [3.63, 3.8) is 0 Å². The zero-order chi connectivity index (χ0) is 16.3. The monoisotopic (exact) mass is 306 g/mol. The number of hydrogen-bond acceptors (Lipinski definition) is 5. The molecule has 120 valence electrons. The smallest absolute Gasteiger partial charge is 0.356 e. The highest BCUT2D eigenvalue weighted by Gasteiger charge is 2.31. The van der Waals surface area contributed by atoms with Crippen LogP contribution in [0.3, 0.4) is 0 Å². The molecule has 1 unspecified atom stereocenters. The van der Waals surface area contributed by atoms with Crippen LogP contribution in [0.1, 0.15) is 43.6 Å². The number of carboxylic acid groups (broad SMARTS) is 1. The summed E-state index contributed by atoms with van der Waals surface area (Å²) in [6.07, 6.45) is 5.55. The van der Waals surface area contributed by atoms with E-state index in [-0.39, 0.29) is 11.6 Å². The van der Waals surface area contributed by atoms with Gasteiger partial charge in [-0.05, 0) is 25.2 Å². The largest absolute Gasteiger partial charge is 0.476 e. The minimum absolute atomic E-state index is 0.0628. The summed E-state index contributed by atoms with van der Waals surface area (Å²) in [5, 5.41) is 8.85. The third kappa shape index (κ3) is 3.72. The summed E-state index contributed by atoms with van der Waals surface area (Å²) in [5.74, 6) is -0.335. The standard InChI is InChI=1S/C15H22N4O3/c1-15(2,14(16)22)6-10-4-3-5-19(9-10)12-8-17-11(7-18-12)13(20)21/h7-8,10H,3-6,9H2,1-2H3,(H2,16,22)(H,20,21). The molecule has 1 amide bonds. The van der Waals surface area contributed by atoms with Gasteiger partial charge in [-0.3, -0.25) is 4.79 Å². The Bertz CT molecular complexity index is 556. The van der Waals surface area contributed by atoms with Gasteiger partial charge < -0.3 is 15.7 Å². The van der Waals surface area contributed by atoms with Gasteiger partial charge in [0.2, 0.25) is 5.91 Å². The van der Waals surface area contributed by atoms with Crippen molar-refractivity contribution in [2.24, 2.45) is 17.1 Å². The minimum atomic E-state index is -1.08. The lowest BCUT2D eigenvalue weighted by Crippen LogP contribution is -2.40. The average molecular weight is 306 g/mol. The van der Waals surface area contributed by atoms with Crippen LogP contribution < -0.4 is 10.6 Å². The van der Waals surface area contributed by atoms with Crippen molar-refractivity contribution < 1.29 is 14.7 Å². The number of carbonyl (C=O) groups excluding carboxylic acids is 1. The van der Waals surface area contributed by atoms with E-state index < -0.39 is 11.4 Å². The number of amides is 1. The second-order valence-electron chi connectivity index (χ2n) is 6.47. The predicted octanol–water partition coefficient (Wildman–Crippen LogP) is 1.29. The Kier molecular flexibility index (Phi) is 4.63. The Morgan fingerprint density at radius 1 is 1.41 bits per heavy atom. The molecule has 7 heteroatoms. The van der Waals surface area contributed by atoms with Gasteiger partial charge in [0.05, 0.1) is 12.4 Å². The first-order valence-corrected chi connectivity index (χ1v) is 7.40. The second kappa shape index (κ2) is 6.29. The van der Waals surface area contributed by atoms with Gasteiger partial charge in [-0.2, -0.15) is 0 Å². The molecule has 22 heavy (non-hydrogen) atoms. The Morgan fingerprint density at radius 2 is 2.14 bits per heavy atom. The lowest BCUT2D eigenvalue weighted by molar-refractivity contribution is -0.126. The topological polar surface area (TPSA) is 109 Å². The van der Waals surface area contributed by atoms with E-state index in [1.54, 1.807) is 0 Å². The quantitative estimate of drug-likeness (QED) is 0.848. The number of piperidine rings is 1. The molecule has 0 aromatic carbocycles. The van der Waals surface area contributed by atoms with E-state index in [1.807, 2.05) is 13.8 Å². The highest BCUT2D eigenvalue weighted by Crippen LogP contribution is 2.31. The van der Waals surface area contributed by atoms with Gasteiger partial charge in [-0.15, -0.1) is 0 Å². The van der Waals surface area contributed by atoms with E-state index in [9.17, 15) is 9.59 Å². The summed E-state index contributed by atoms with van der Waals surface area (Å²) >= 11 is 0. The number of aromatic carboxylic acids is 1. The Morgan fingerprint density at radius 3 is 2.68 bits per heavy atom. The summed E-state index contributed by atoms with van der Waals surface area (Å²) in [4.78, 5) is 32.5. The molecule has 1 aliphatic heterocycles. The molecule has 2 heterocycles. The van der Waals surface area contributed by atoms with E-state index in [1.165, 1.54) is 12.4 Å². The maximum absolute atomic E-state index is 11.5. The lowest BCUT2D eigenvalue weighted by Gasteiger charge is -2.36. The highest BCUT2D eigenvalue weighted by molar-refractivity contribution is 5.84. The van der Waals surface area contributed by atoms with Crippen LogP contribution in [0.2, 0.25) is 0 Å². The summed E-state index contributed by atoms with van der Waals surface area (Å²) < 4.78 is 0. The highest BCUT2D eigenvalue weighted by atomic mass is 16.4. The number of nitrogens with two attached hydrogens (primary N) is 1. The summed E-state index contributed by atoms with van der Waals surface area (Å²) in [6, 6.07) is 0. The molecular formula is C15H22N4O3. The molecule has 1 saturated heterocycles. The van der Waals surface area contributed by atoms with Crippen molar-refractivity contribution in [1.82, 2.24) is 9.97 Å². The predicted molar refractivity (Wildman–Crippen MR) is 81.5 cm³/mol. The van der Waals surface area contributed by atoms with Gasteiger partial charge >= 0.3 is 5.97 Å². The Hall–Kier alpha value is -2.18. The van der Waals surface area contributed by atoms with Gasteiger partial charge in [0.25, 0.3) is 0 Å². The molecule has 1 fully saturated rings. The molecule has 0 spiro atoms. The van der Waals surface area contributed by atoms with Crippen molar-refractivity contribution in [2.75, 3.05) is 18.0 Å².